The van der Waals surface area contributed by atoms with Crippen LogP contribution in [-0.4, -0.2) is 26.0 Å². The first-order valence-corrected chi connectivity index (χ1v) is 7.84. The van der Waals surface area contributed by atoms with Gasteiger partial charge in [-0.2, -0.15) is 0 Å². The van der Waals surface area contributed by atoms with Crippen LogP contribution in [0.5, 0.6) is 11.5 Å². The molecule has 0 bridgehead atoms. The van der Waals surface area contributed by atoms with Crippen LogP contribution in [0.15, 0.2) is 30.3 Å². The monoisotopic (exact) mass is 362 g/mol. The van der Waals surface area contributed by atoms with E-state index >= 15 is 0 Å². The van der Waals surface area contributed by atoms with Crippen LogP contribution in [0.3, 0.4) is 0 Å². The average Bonchev–Trinajstić information content (AvgIpc) is 2.58. The van der Waals surface area contributed by atoms with E-state index in [-0.39, 0.29) is 0 Å². The maximum Gasteiger partial charge on any atom is 0.314 e. The number of carbonyl (C=O) groups excluding carboxylic acids is 2. The zero-order valence-corrected chi connectivity index (χ0v) is 15.2. The summed E-state index contributed by atoms with van der Waals surface area (Å²) in [5.74, 6) is -0.711. The Kier molecular flexibility index (Phi) is 5.88. The first-order valence-electron chi connectivity index (χ1n) is 7.46. The van der Waals surface area contributed by atoms with Gasteiger partial charge in [0.2, 0.25) is 0 Å². The summed E-state index contributed by atoms with van der Waals surface area (Å²) in [6.45, 7) is 3.70. The van der Waals surface area contributed by atoms with Crippen molar-refractivity contribution in [2.24, 2.45) is 0 Å². The van der Waals surface area contributed by atoms with Crippen LogP contribution in [-0.2, 0) is 9.59 Å². The molecule has 0 aliphatic heterocycles. The van der Waals surface area contributed by atoms with Gasteiger partial charge in [0, 0.05) is 6.07 Å². The van der Waals surface area contributed by atoms with Gasteiger partial charge in [-0.15, -0.1) is 0 Å². The van der Waals surface area contributed by atoms with E-state index < -0.39 is 11.8 Å². The summed E-state index contributed by atoms with van der Waals surface area (Å²) in [7, 11) is 2.98. The molecule has 132 valence electrons. The number of carbonyl (C=O) groups is 2. The predicted molar refractivity (Wildman–Crippen MR) is 97.7 cm³/mol. The van der Waals surface area contributed by atoms with E-state index in [1.54, 1.807) is 31.2 Å². The molecule has 0 spiro atoms. The van der Waals surface area contributed by atoms with Crippen LogP contribution < -0.4 is 20.1 Å². The highest BCUT2D eigenvalue weighted by atomic mass is 35.5. The lowest BCUT2D eigenvalue weighted by Crippen LogP contribution is -2.29. The van der Waals surface area contributed by atoms with Crippen molar-refractivity contribution in [1.82, 2.24) is 0 Å². The first-order chi connectivity index (χ1) is 11.8. The summed E-state index contributed by atoms with van der Waals surface area (Å²) in [4.78, 5) is 24.4. The number of nitrogens with one attached hydrogen (secondary N) is 2. The zero-order valence-electron chi connectivity index (χ0n) is 14.4. The predicted octanol–water partition coefficient (Wildman–Crippen LogP) is 3.55. The van der Waals surface area contributed by atoms with E-state index in [1.165, 1.54) is 14.2 Å². The van der Waals surface area contributed by atoms with Gasteiger partial charge < -0.3 is 20.1 Å². The molecule has 25 heavy (non-hydrogen) atoms. The topological polar surface area (TPSA) is 76.7 Å². The molecule has 2 amide bonds. The zero-order chi connectivity index (χ0) is 18.6. The van der Waals surface area contributed by atoms with Crippen molar-refractivity contribution in [3.05, 3.63) is 46.5 Å². The molecule has 2 aromatic carbocycles. The van der Waals surface area contributed by atoms with Crippen LogP contribution >= 0.6 is 11.6 Å². The minimum Gasteiger partial charge on any atom is -0.497 e. The Balaban J connectivity index is 2.15. The van der Waals surface area contributed by atoms with Crippen LogP contribution in [0.25, 0.3) is 0 Å². The third kappa shape index (κ3) is 4.42. The van der Waals surface area contributed by atoms with Gasteiger partial charge in [0.1, 0.15) is 11.5 Å². The second-order valence-electron chi connectivity index (χ2n) is 5.41. The van der Waals surface area contributed by atoms with Gasteiger partial charge in [-0.25, -0.2) is 0 Å². The molecule has 0 aliphatic carbocycles. The lowest BCUT2D eigenvalue weighted by Gasteiger charge is -2.13. The summed E-state index contributed by atoms with van der Waals surface area (Å²) < 4.78 is 10.3. The van der Waals surface area contributed by atoms with Crippen molar-refractivity contribution in [3.8, 4) is 11.5 Å². The van der Waals surface area contributed by atoms with Crippen molar-refractivity contribution in [1.29, 1.82) is 0 Å². The fraction of sp³-hybridized carbons (Fsp3) is 0.222. The van der Waals surface area contributed by atoms with Gasteiger partial charge in [-0.05, 0) is 43.2 Å². The molecule has 0 atom stereocenters. The Hall–Kier alpha value is -2.73. The van der Waals surface area contributed by atoms with Crippen molar-refractivity contribution in [2.75, 3.05) is 24.9 Å². The summed E-state index contributed by atoms with van der Waals surface area (Å²) in [5, 5.41) is 5.42. The lowest BCUT2D eigenvalue weighted by molar-refractivity contribution is -0.133. The molecule has 0 fully saturated rings. The number of anilines is 2. The fourth-order valence-electron chi connectivity index (χ4n) is 2.33. The molecule has 7 heteroatoms. The number of rotatable bonds is 4. The highest BCUT2D eigenvalue weighted by molar-refractivity contribution is 6.45. The summed E-state index contributed by atoms with van der Waals surface area (Å²) in [6, 6.07) is 8.43. The van der Waals surface area contributed by atoms with Gasteiger partial charge in [-0.3, -0.25) is 9.59 Å². The second-order valence-corrected chi connectivity index (χ2v) is 5.82. The normalized spacial score (nSPS) is 10.1. The highest BCUT2D eigenvalue weighted by Gasteiger charge is 2.18. The lowest BCUT2D eigenvalue weighted by atomic mass is 10.1. The number of methoxy groups -OCH3 is 2. The maximum absolute atomic E-state index is 12.2. The van der Waals surface area contributed by atoms with Crippen molar-refractivity contribution in [2.45, 2.75) is 13.8 Å². The van der Waals surface area contributed by atoms with E-state index in [2.05, 4.69) is 10.6 Å². The molecule has 0 aliphatic rings. The number of hydrogen-bond acceptors (Lipinski definition) is 4. The van der Waals surface area contributed by atoms with Gasteiger partial charge in [0.25, 0.3) is 0 Å². The maximum atomic E-state index is 12.2. The molecule has 2 aromatic rings. The van der Waals surface area contributed by atoms with Crippen molar-refractivity contribution >= 4 is 34.8 Å². The van der Waals surface area contributed by atoms with Crippen molar-refractivity contribution in [3.63, 3.8) is 0 Å². The number of benzene rings is 2. The van der Waals surface area contributed by atoms with Crippen molar-refractivity contribution < 1.29 is 19.1 Å². The first kappa shape index (κ1) is 18.6. The molecule has 0 unspecified atom stereocenters. The van der Waals surface area contributed by atoms with Gasteiger partial charge in [0.05, 0.1) is 30.6 Å². The smallest absolute Gasteiger partial charge is 0.314 e. The molecular formula is C18H19ClN2O4. The van der Waals surface area contributed by atoms with Gasteiger partial charge >= 0.3 is 11.8 Å². The molecule has 0 saturated carbocycles. The average molecular weight is 363 g/mol. The van der Waals surface area contributed by atoms with Gasteiger partial charge in [-0.1, -0.05) is 17.7 Å². The molecule has 6 nitrogen and oxygen atoms in total. The molecule has 0 saturated heterocycles. The third-order valence-corrected chi connectivity index (χ3v) is 3.83. The number of aryl methyl sites for hydroxylation is 2. The fourth-order valence-corrected chi connectivity index (χ4v) is 2.69. The van der Waals surface area contributed by atoms with Gasteiger partial charge in [0.15, 0.2) is 0 Å². The number of hydrogen-bond donors (Lipinski definition) is 2. The SMILES string of the molecule is COc1ccc(NC(=O)C(=O)Nc2c(C)cc(C)cc2Cl)c(OC)c1. The summed E-state index contributed by atoms with van der Waals surface area (Å²) in [5.41, 5.74) is 2.50. The van der Waals surface area contributed by atoms with E-state index in [9.17, 15) is 9.59 Å². The minimum atomic E-state index is -0.834. The molecule has 0 radical (unpaired) electrons. The van der Waals surface area contributed by atoms with Crippen LogP contribution in [0.1, 0.15) is 11.1 Å². The second kappa shape index (κ2) is 7.90. The Morgan fingerprint density at radius 3 is 2.24 bits per heavy atom. The Bertz CT molecular complexity index is 798. The Morgan fingerprint density at radius 1 is 0.960 bits per heavy atom. The van der Waals surface area contributed by atoms with Crippen LogP contribution in [0.2, 0.25) is 5.02 Å². The van der Waals surface area contributed by atoms with Crippen LogP contribution in [0, 0.1) is 13.8 Å². The van der Waals surface area contributed by atoms with Crippen LogP contribution in [0.4, 0.5) is 11.4 Å². The summed E-state index contributed by atoms with van der Waals surface area (Å²) in [6.07, 6.45) is 0. The largest absolute Gasteiger partial charge is 0.497 e. The molecule has 0 heterocycles. The third-order valence-electron chi connectivity index (χ3n) is 3.53. The summed E-state index contributed by atoms with van der Waals surface area (Å²) >= 11 is 6.14. The Labute approximate surface area is 151 Å². The molecular weight excluding hydrogens is 344 g/mol. The highest BCUT2D eigenvalue weighted by Crippen LogP contribution is 2.30. The van der Waals surface area contributed by atoms with E-state index in [4.69, 9.17) is 21.1 Å². The van der Waals surface area contributed by atoms with E-state index in [0.29, 0.717) is 27.9 Å². The minimum absolute atomic E-state index is 0.357. The van der Waals surface area contributed by atoms with E-state index in [1.807, 2.05) is 13.0 Å². The quantitative estimate of drug-likeness (QED) is 0.815. The number of amides is 2. The number of ether oxygens (including phenoxy) is 2. The molecule has 0 aromatic heterocycles. The molecule has 2 rings (SSSR count). The standard InChI is InChI=1S/C18H19ClN2O4/c1-10-7-11(2)16(13(19)8-10)21-18(23)17(22)20-14-6-5-12(24-3)9-15(14)25-4/h5-9H,1-4H3,(H,20,22)(H,21,23). The molecule has 2 N–H and O–H groups in total. The van der Waals surface area contributed by atoms with E-state index in [0.717, 1.165) is 11.1 Å². The Morgan fingerprint density at radius 2 is 1.64 bits per heavy atom. The number of halogens is 1.